The second kappa shape index (κ2) is 8.83. The van der Waals surface area contributed by atoms with Gasteiger partial charge < -0.3 is 19.6 Å². The number of nitrogens with zero attached hydrogens (tertiary/aromatic N) is 4. The molecule has 9 nitrogen and oxygen atoms in total. The molecule has 2 aromatic carbocycles. The van der Waals surface area contributed by atoms with Crippen molar-refractivity contribution in [2.75, 3.05) is 45.8 Å². The fourth-order valence-corrected chi connectivity index (χ4v) is 8.30. The number of aliphatic hydroxyl groups is 1. The van der Waals surface area contributed by atoms with E-state index in [4.69, 9.17) is 0 Å². The molecule has 2 N–H and O–H groups in total. The van der Waals surface area contributed by atoms with E-state index in [9.17, 15) is 29.9 Å². The lowest BCUT2D eigenvalue weighted by molar-refractivity contribution is -1.08. The van der Waals surface area contributed by atoms with Crippen LogP contribution in [0.5, 0.6) is 0 Å². The van der Waals surface area contributed by atoms with E-state index in [2.05, 4.69) is 12.1 Å². The summed E-state index contributed by atoms with van der Waals surface area (Å²) in [6.45, 7) is 11.2. The molecule has 210 valence electrons. The van der Waals surface area contributed by atoms with E-state index in [1.54, 1.807) is 19.1 Å². The number of quaternary nitrogens is 2. The lowest BCUT2D eigenvalue weighted by Crippen LogP contribution is -2.74. The molecule has 0 spiro atoms. The molecule has 1 aliphatic carbocycles. The fourth-order valence-electron chi connectivity index (χ4n) is 8.30. The first-order valence-electron chi connectivity index (χ1n) is 14.5. The zero-order chi connectivity index (χ0) is 28.8. The van der Waals surface area contributed by atoms with E-state index in [-0.39, 0.29) is 23.3 Å². The molecule has 2 bridgehead atoms. The number of aliphatic carboxylic acids is 1. The molecule has 6 aliphatic rings. The predicted octanol–water partition coefficient (Wildman–Crippen LogP) is 2.24. The zero-order valence-electron chi connectivity index (χ0n) is 23.3. The van der Waals surface area contributed by atoms with Crippen molar-refractivity contribution >= 4 is 23.2 Å². The van der Waals surface area contributed by atoms with Gasteiger partial charge in [-0.3, -0.25) is 14.1 Å². The minimum Gasteiger partial charge on any atom is -0.477 e. The standard InChI is InChI=1S/C32H33N4O5/c1-18-26(29(32(40)41)34-28(18)27(19(2)37)31(34)39)21-4-6-23-24(16-21)22-5-3-20(15-25(22)30(23)38)17-36-12-9-35(8-7-33,10-13-36)11-14-36/h3-6,15-16,18-19,27-28,37H,8-14,17H2,1-2H3/q+1/p+1/t18-,19+,27+,28+,35?,36?/m0/s1. The number of β-lactam (4-membered cyclic amide) rings is 1. The lowest BCUT2D eigenvalue weighted by Gasteiger charge is -2.54. The van der Waals surface area contributed by atoms with Crippen LogP contribution in [0.25, 0.3) is 16.7 Å². The summed E-state index contributed by atoms with van der Waals surface area (Å²) in [5.41, 5.74) is 5.27. The van der Waals surface area contributed by atoms with Crippen LogP contribution in [0.4, 0.5) is 0 Å². The summed E-state index contributed by atoms with van der Waals surface area (Å²) in [6, 6.07) is 13.6. The number of rotatable bonds is 6. The van der Waals surface area contributed by atoms with Crippen LogP contribution in [0.15, 0.2) is 42.1 Å². The lowest BCUT2D eigenvalue weighted by atomic mass is 9.76. The van der Waals surface area contributed by atoms with Crippen molar-refractivity contribution in [2.24, 2.45) is 11.8 Å². The maximum Gasteiger partial charge on any atom is 0.352 e. The van der Waals surface area contributed by atoms with Gasteiger partial charge in [0.25, 0.3) is 0 Å². The number of carbonyl (C=O) groups is 3. The van der Waals surface area contributed by atoms with Gasteiger partial charge in [-0.1, -0.05) is 25.1 Å². The average molecular weight is 555 g/mol. The molecule has 41 heavy (non-hydrogen) atoms. The summed E-state index contributed by atoms with van der Waals surface area (Å²) < 4.78 is 1.92. The third-order valence-corrected chi connectivity index (χ3v) is 10.6. The van der Waals surface area contributed by atoms with Crippen molar-refractivity contribution in [3.63, 3.8) is 0 Å². The zero-order valence-corrected chi connectivity index (χ0v) is 23.3. The topological polar surface area (TPSA) is 119 Å². The Morgan fingerprint density at radius 3 is 2.29 bits per heavy atom. The number of benzene rings is 2. The van der Waals surface area contributed by atoms with Gasteiger partial charge in [0.15, 0.2) is 12.3 Å². The van der Waals surface area contributed by atoms with E-state index in [1.807, 2.05) is 25.1 Å². The van der Waals surface area contributed by atoms with Crippen LogP contribution in [0.3, 0.4) is 0 Å². The van der Waals surface area contributed by atoms with Gasteiger partial charge in [-0.25, -0.2) is 4.79 Å². The highest BCUT2D eigenvalue weighted by Gasteiger charge is 2.60. The maximum atomic E-state index is 13.5. The number of carboxylic acid groups (broad SMARTS) is 1. The highest BCUT2D eigenvalue weighted by molar-refractivity contribution is 6.22. The number of carbonyl (C=O) groups excluding carboxylic acids is 2. The molecule has 0 aromatic heterocycles. The second-order valence-corrected chi connectivity index (χ2v) is 12.8. The van der Waals surface area contributed by atoms with Crippen LogP contribution >= 0.6 is 0 Å². The van der Waals surface area contributed by atoms with E-state index in [0.717, 1.165) is 71.5 Å². The Balaban J connectivity index is 1.20. The Hall–Kier alpha value is -3.84. The molecule has 5 aliphatic heterocycles. The van der Waals surface area contributed by atoms with Gasteiger partial charge in [0.05, 0.1) is 18.1 Å². The monoisotopic (exact) mass is 554 g/mol. The first-order valence-corrected chi connectivity index (χ1v) is 14.5. The van der Waals surface area contributed by atoms with Crippen LogP contribution in [0.1, 0.15) is 40.9 Å². The van der Waals surface area contributed by atoms with Gasteiger partial charge in [-0.05, 0) is 47.4 Å². The van der Waals surface area contributed by atoms with Crippen molar-refractivity contribution in [1.82, 2.24) is 4.90 Å². The van der Waals surface area contributed by atoms with Crippen molar-refractivity contribution in [3.8, 4) is 17.2 Å². The minimum absolute atomic E-state index is 0.0227. The Kier molecular flexibility index (Phi) is 5.62. The number of carboxylic acids is 1. The van der Waals surface area contributed by atoms with Crippen LogP contribution < -0.4 is 0 Å². The van der Waals surface area contributed by atoms with Crippen LogP contribution in [-0.2, 0) is 16.1 Å². The predicted molar refractivity (Wildman–Crippen MR) is 149 cm³/mol. The van der Waals surface area contributed by atoms with Gasteiger partial charge in [0.2, 0.25) is 5.91 Å². The first-order chi connectivity index (χ1) is 19.6. The Morgan fingerprint density at radius 1 is 1.00 bits per heavy atom. The average Bonchev–Trinajstić information content (AvgIpc) is 3.37. The first kappa shape index (κ1) is 26.1. The van der Waals surface area contributed by atoms with Gasteiger partial charge in [0, 0.05) is 22.6 Å². The van der Waals surface area contributed by atoms with Gasteiger partial charge in [-0.2, -0.15) is 5.26 Å². The minimum atomic E-state index is -1.17. The molecule has 4 fully saturated rings. The highest BCUT2D eigenvalue weighted by atomic mass is 16.4. The van der Waals surface area contributed by atoms with Crippen molar-refractivity contribution in [3.05, 3.63) is 64.3 Å². The van der Waals surface area contributed by atoms with E-state index in [1.165, 1.54) is 4.90 Å². The van der Waals surface area contributed by atoms with Gasteiger partial charge >= 0.3 is 5.97 Å². The van der Waals surface area contributed by atoms with Crippen LogP contribution in [0, 0.1) is 23.2 Å². The third kappa shape index (κ3) is 3.61. The molecular formula is C32H34N4O5+2. The number of aliphatic hydroxyl groups excluding tert-OH is 1. The van der Waals surface area contributed by atoms with Crippen LogP contribution in [-0.4, -0.2) is 99.7 Å². The van der Waals surface area contributed by atoms with Crippen molar-refractivity contribution in [2.45, 2.75) is 32.5 Å². The molecule has 0 unspecified atom stereocenters. The largest absolute Gasteiger partial charge is 0.477 e. The number of nitriles is 1. The number of fused-ring (bicyclic) bond motifs is 7. The molecule has 5 heterocycles. The van der Waals surface area contributed by atoms with E-state index >= 15 is 0 Å². The van der Waals surface area contributed by atoms with E-state index < -0.39 is 24.0 Å². The molecule has 8 rings (SSSR count). The number of amides is 1. The molecule has 0 saturated carbocycles. The maximum absolute atomic E-state index is 13.5. The summed E-state index contributed by atoms with van der Waals surface area (Å²) >= 11 is 0. The molecule has 2 aromatic rings. The van der Waals surface area contributed by atoms with Crippen LogP contribution in [0.2, 0.25) is 0 Å². The summed E-state index contributed by atoms with van der Waals surface area (Å²) in [7, 11) is 0. The summed E-state index contributed by atoms with van der Waals surface area (Å²) in [6.07, 6.45) is -0.862. The molecule has 4 atom stereocenters. The van der Waals surface area contributed by atoms with Crippen molar-refractivity contribution in [1.29, 1.82) is 5.26 Å². The van der Waals surface area contributed by atoms with Crippen molar-refractivity contribution < 1.29 is 33.6 Å². The Bertz CT molecular complexity index is 1590. The normalized spacial score (nSPS) is 31.9. The van der Waals surface area contributed by atoms with Gasteiger partial charge in [-0.15, -0.1) is 0 Å². The Labute approximate surface area is 238 Å². The second-order valence-electron chi connectivity index (χ2n) is 12.8. The van der Waals surface area contributed by atoms with E-state index in [0.29, 0.717) is 28.8 Å². The molecule has 1 amide bonds. The molecule has 4 saturated heterocycles. The quantitative estimate of drug-likeness (QED) is 0.274. The highest BCUT2D eigenvalue weighted by Crippen LogP contribution is 2.51. The number of hydrogen-bond acceptors (Lipinski definition) is 5. The summed E-state index contributed by atoms with van der Waals surface area (Å²) in [5, 5.41) is 29.5. The smallest absolute Gasteiger partial charge is 0.352 e. The third-order valence-electron chi connectivity index (χ3n) is 10.6. The molecule has 9 heteroatoms. The SMILES string of the molecule is C[C@@H](O)[C@H]1C(=O)N2C(C(=O)O)=C(c3ccc4c(c3)-c3ccc(C[N+]56CC[N+](CC#N)(CC5)CC6)cc3C4=O)[C@H](C)[C@H]12. The Morgan fingerprint density at radius 2 is 1.66 bits per heavy atom. The molecule has 0 radical (unpaired) electrons. The number of piperazine rings is 3. The summed E-state index contributed by atoms with van der Waals surface area (Å²) in [5.74, 6) is -2.45. The number of hydrogen-bond donors (Lipinski definition) is 2. The number of ketones is 1. The van der Waals surface area contributed by atoms with Gasteiger partial charge in [0.1, 0.15) is 57.6 Å². The summed E-state index contributed by atoms with van der Waals surface area (Å²) in [4.78, 5) is 40.0. The fraction of sp³-hybridized carbons (Fsp3) is 0.438. The molecular weight excluding hydrogens is 520 g/mol.